The van der Waals surface area contributed by atoms with Gasteiger partial charge in [0.1, 0.15) is 6.04 Å². The first-order chi connectivity index (χ1) is 19.1. The maximum Gasteiger partial charge on any atom is 0.243 e. The van der Waals surface area contributed by atoms with Crippen LogP contribution in [-0.4, -0.2) is 50.5 Å². The largest absolute Gasteiger partial charge is 0.354 e. The van der Waals surface area contributed by atoms with Gasteiger partial charge in [0.05, 0.1) is 11.9 Å². The van der Waals surface area contributed by atoms with Gasteiger partial charge < -0.3 is 10.2 Å². The SMILES string of the molecule is CCCNC(=O)[C@@H](Cc1ccccc1)N(Cc1cccc(Cl)c1)C(=O)CCCN(c1ccc(C)cc1)S(C)(=O)=O. The molecule has 214 valence electrons. The number of amides is 2. The summed E-state index contributed by atoms with van der Waals surface area (Å²) in [5.74, 6) is -0.455. The van der Waals surface area contributed by atoms with Crippen molar-refractivity contribution in [1.29, 1.82) is 0 Å². The molecule has 0 aliphatic heterocycles. The molecule has 3 aromatic carbocycles. The van der Waals surface area contributed by atoms with Crippen molar-refractivity contribution in [1.82, 2.24) is 10.2 Å². The van der Waals surface area contributed by atoms with Crippen molar-refractivity contribution in [3.8, 4) is 0 Å². The number of rotatable bonds is 14. The minimum atomic E-state index is -3.55. The summed E-state index contributed by atoms with van der Waals surface area (Å²) in [6.45, 7) is 4.75. The third-order valence-corrected chi connectivity index (χ3v) is 7.97. The maximum absolute atomic E-state index is 13.8. The molecule has 0 bridgehead atoms. The highest BCUT2D eigenvalue weighted by atomic mass is 35.5. The highest BCUT2D eigenvalue weighted by molar-refractivity contribution is 7.92. The molecule has 9 heteroatoms. The lowest BCUT2D eigenvalue weighted by Gasteiger charge is -2.32. The van der Waals surface area contributed by atoms with E-state index in [0.717, 1.165) is 29.4 Å². The predicted octanol–water partition coefficient (Wildman–Crippen LogP) is 5.36. The Morgan fingerprint density at radius 3 is 2.25 bits per heavy atom. The Morgan fingerprint density at radius 1 is 0.950 bits per heavy atom. The van der Waals surface area contributed by atoms with E-state index in [0.29, 0.717) is 30.1 Å². The number of halogens is 1. The van der Waals surface area contributed by atoms with Gasteiger partial charge in [0, 0.05) is 37.5 Å². The minimum Gasteiger partial charge on any atom is -0.354 e. The van der Waals surface area contributed by atoms with E-state index in [9.17, 15) is 18.0 Å². The van der Waals surface area contributed by atoms with Crippen LogP contribution in [0.4, 0.5) is 5.69 Å². The molecule has 0 aliphatic rings. The summed E-state index contributed by atoms with van der Waals surface area (Å²) in [6, 6.07) is 23.3. The third kappa shape index (κ3) is 9.38. The van der Waals surface area contributed by atoms with Gasteiger partial charge in [0.25, 0.3) is 0 Å². The lowest BCUT2D eigenvalue weighted by Crippen LogP contribution is -2.50. The molecule has 0 radical (unpaired) electrons. The number of nitrogens with zero attached hydrogens (tertiary/aromatic N) is 2. The van der Waals surface area contributed by atoms with E-state index in [1.165, 1.54) is 4.31 Å². The Kier molecular flexibility index (Phi) is 11.6. The molecule has 1 N–H and O–H groups in total. The third-order valence-electron chi connectivity index (χ3n) is 6.54. The van der Waals surface area contributed by atoms with Crippen molar-refractivity contribution in [2.45, 2.75) is 52.1 Å². The highest BCUT2D eigenvalue weighted by Gasteiger charge is 2.30. The van der Waals surface area contributed by atoms with E-state index in [1.807, 2.05) is 68.4 Å². The van der Waals surface area contributed by atoms with Crippen LogP contribution in [-0.2, 0) is 32.6 Å². The monoisotopic (exact) mass is 583 g/mol. The second kappa shape index (κ2) is 14.9. The number of carbonyl (C=O) groups is 2. The number of anilines is 1. The summed E-state index contributed by atoms with van der Waals surface area (Å²) in [5, 5.41) is 3.50. The topological polar surface area (TPSA) is 86.8 Å². The van der Waals surface area contributed by atoms with E-state index in [4.69, 9.17) is 11.6 Å². The van der Waals surface area contributed by atoms with Crippen LogP contribution < -0.4 is 9.62 Å². The first-order valence-electron chi connectivity index (χ1n) is 13.5. The van der Waals surface area contributed by atoms with Gasteiger partial charge in [-0.1, -0.05) is 78.7 Å². The van der Waals surface area contributed by atoms with Crippen LogP contribution in [0.1, 0.15) is 42.9 Å². The fraction of sp³-hybridized carbons (Fsp3) is 0.355. The second-order valence-electron chi connectivity index (χ2n) is 9.92. The predicted molar refractivity (Wildman–Crippen MR) is 162 cm³/mol. The Labute approximate surface area is 243 Å². The zero-order valence-electron chi connectivity index (χ0n) is 23.3. The molecule has 40 heavy (non-hydrogen) atoms. The molecule has 3 aromatic rings. The molecule has 0 spiro atoms. The molecule has 1 atom stereocenters. The summed E-state index contributed by atoms with van der Waals surface area (Å²) in [7, 11) is -3.55. The second-order valence-corrected chi connectivity index (χ2v) is 12.3. The zero-order valence-corrected chi connectivity index (χ0v) is 24.9. The van der Waals surface area contributed by atoms with Crippen molar-refractivity contribution in [2.75, 3.05) is 23.7 Å². The number of aryl methyl sites for hydroxylation is 1. The van der Waals surface area contributed by atoms with Gasteiger partial charge in [-0.25, -0.2) is 8.42 Å². The number of nitrogens with one attached hydrogen (secondary N) is 1. The molecule has 0 unspecified atom stereocenters. The van der Waals surface area contributed by atoms with E-state index in [1.54, 1.807) is 29.2 Å². The van der Waals surface area contributed by atoms with Crippen LogP contribution in [0, 0.1) is 6.92 Å². The van der Waals surface area contributed by atoms with Crippen LogP contribution in [0.3, 0.4) is 0 Å². The van der Waals surface area contributed by atoms with Crippen molar-refractivity contribution in [2.24, 2.45) is 0 Å². The maximum atomic E-state index is 13.8. The van der Waals surface area contributed by atoms with E-state index in [-0.39, 0.29) is 31.3 Å². The fourth-order valence-corrected chi connectivity index (χ4v) is 5.65. The van der Waals surface area contributed by atoms with Gasteiger partial charge >= 0.3 is 0 Å². The quantitative estimate of drug-likeness (QED) is 0.277. The van der Waals surface area contributed by atoms with E-state index >= 15 is 0 Å². The van der Waals surface area contributed by atoms with Gasteiger partial charge in [-0.2, -0.15) is 0 Å². The van der Waals surface area contributed by atoms with E-state index < -0.39 is 16.1 Å². The Hall–Kier alpha value is -3.36. The molecule has 0 heterocycles. The van der Waals surface area contributed by atoms with Crippen LogP contribution in [0.25, 0.3) is 0 Å². The lowest BCUT2D eigenvalue weighted by molar-refractivity contribution is -0.141. The standard InChI is InChI=1S/C31H38ClN3O4S/c1-4-19-33-31(37)29(22-25-10-6-5-7-11-25)34(23-26-12-8-13-27(32)21-26)30(36)14-9-20-35(40(3,38)39)28-17-15-24(2)16-18-28/h5-8,10-13,15-18,21,29H,4,9,14,19-20,22-23H2,1-3H3,(H,33,37)/t29-/m1/s1. The molecule has 2 amide bonds. The molecule has 0 aliphatic carbocycles. The number of carbonyl (C=O) groups excluding carboxylic acids is 2. The summed E-state index contributed by atoms with van der Waals surface area (Å²) in [6.07, 6.45) is 2.65. The molecular formula is C31H38ClN3O4S. The van der Waals surface area contributed by atoms with Crippen LogP contribution in [0.15, 0.2) is 78.9 Å². The normalized spacial score (nSPS) is 12.0. The van der Waals surface area contributed by atoms with Gasteiger partial charge in [0.15, 0.2) is 0 Å². The van der Waals surface area contributed by atoms with Crippen molar-refractivity contribution < 1.29 is 18.0 Å². The molecular weight excluding hydrogens is 546 g/mol. The van der Waals surface area contributed by atoms with Gasteiger partial charge in [-0.3, -0.25) is 13.9 Å². The lowest BCUT2D eigenvalue weighted by atomic mass is 10.0. The van der Waals surface area contributed by atoms with Crippen molar-refractivity contribution >= 4 is 39.1 Å². The summed E-state index contributed by atoms with van der Waals surface area (Å²) in [4.78, 5) is 28.8. The molecule has 7 nitrogen and oxygen atoms in total. The van der Waals surface area contributed by atoms with Gasteiger partial charge in [-0.05, 0) is 55.2 Å². The number of hydrogen-bond donors (Lipinski definition) is 1. The van der Waals surface area contributed by atoms with Crippen LogP contribution in [0.5, 0.6) is 0 Å². The van der Waals surface area contributed by atoms with Crippen molar-refractivity contribution in [3.05, 3.63) is 101 Å². The zero-order chi connectivity index (χ0) is 29.1. The molecule has 0 saturated heterocycles. The average Bonchev–Trinajstić information content (AvgIpc) is 2.92. The van der Waals surface area contributed by atoms with Crippen LogP contribution >= 0.6 is 11.6 Å². The number of hydrogen-bond acceptors (Lipinski definition) is 4. The highest BCUT2D eigenvalue weighted by Crippen LogP contribution is 2.21. The Morgan fingerprint density at radius 2 is 1.62 bits per heavy atom. The summed E-state index contributed by atoms with van der Waals surface area (Å²) in [5.41, 5.74) is 3.32. The first kappa shape index (κ1) is 31.2. The number of sulfonamides is 1. The summed E-state index contributed by atoms with van der Waals surface area (Å²) < 4.78 is 26.4. The molecule has 0 saturated carbocycles. The van der Waals surface area contributed by atoms with Gasteiger partial charge in [-0.15, -0.1) is 0 Å². The molecule has 0 fully saturated rings. The smallest absolute Gasteiger partial charge is 0.243 e. The Balaban J connectivity index is 1.86. The number of benzene rings is 3. The summed E-state index contributed by atoms with van der Waals surface area (Å²) >= 11 is 6.23. The fourth-order valence-electron chi connectivity index (χ4n) is 4.47. The van der Waals surface area contributed by atoms with E-state index in [2.05, 4.69) is 5.32 Å². The average molecular weight is 584 g/mol. The van der Waals surface area contributed by atoms with Gasteiger partial charge in [0.2, 0.25) is 21.8 Å². The Bertz CT molecular complexity index is 1360. The molecule has 3 rings (SSSR count). The first-order valence-corrected chi connectivity index (χ1v) is 15.7. The van der Waals surface area contributed by atoms with Crippen molar-refractivity contribution in [3.63, 3.8) is 0 Å². The molecule has 0 aromatic heterocycles. The minimum absolute atomic E-state index is 0.0742. The van der Waals surface area contributed by atoms with Crippen LogP contribution in [0.2, 0.25) is 5.02 Å².